The molecule has 5 aromatic rings. The zero-order chi connectivity index (χ0) is 22.9. The molecular formula is C25H21N5O2S. The van der Waals surface area contributed by atoms with Gasteiger partial charge in [-0.3, -0.25) is 4.79 Å². The molecule has 0 spiro atoms. The summed E-state index contributed by atoms with van der Waals surface area (Å²) in [5.41, 5.74) is 3.94. The van der Waals surface area contributed by atoms with Crippen molar-refractivity contribution < 1.29 is 4.74 Å². The zero-order valence-corrected chi connectivity index (χ0v) is 19.2. The molecule has 0 saturated carbocycles. The zero-order valence-electron chi connectivity index (χ0n) is 18.4. The molecular weight excluding hydrogens is 434 g/mol. The predicted octanol–water partition coefficient (Wildman–Crippen LogP) is 4.95. The van der Waals surface area contributed by atoms with Crippen LogP contribution in [0.25, 0.3) is 28.1 Å². The number of methoxy groups -OCH3 is 1. The first-order valence-corrected chi connectivity index (χ1v) is 11.2. The molecule has 0 atom stereocenters. The molecule has 2 aromatic carbocycles. The first kappa shape index (κ1) is 21.0. The van der Waals surface area contributed by atoms with Crippen LogP contribution in [0.5, 0.6) is 5.88 Å². The summed E-state index contributed by atoms with van der Waals surface area (Å²) in [6, 6.07) is 21.5. The Kier molecular flexibility index (Phi) is 5.43. The van der Waals surface area contributed by atoms with Crippen LogP contribution in [0.1, 0.15) is 11.3 Å². The first-order chi connectivity index (χ1) is 16.0. The number of rotatable bonds is 5. The molecule has 0 fully saturated rings. The van der Waals surface area contributed by atoms with Gasteiger partial charge in [0.25, 0.3) is 5.56 Å². The fourth-order valence-corrected chi connectivity index (χ4v) is 4.37. The lowest BCUT2D eigenvalue weighted by atomic mass is 10.2. The van der Waals surface area contributed by atoms with Gasteiger partial charge in [-0.25, -0.2) is 14.6 Å². The summed E-state index contributed by atoms with van der Waals surface area (Å²) in [7, 11) is 1.56. The number of aromatic amines is 1. The van der Waals surface area contributed by atoms with Gasteiger partial charge in [0.15, 0.2) is 5.52 Å². The minimum atomic E-state index is -0.278. The normalized spacial score (nSPS) is 11.1. The number of H-pyrrole nitrogens is 1. The SMILES string of the molecule is COc1nc(Sc2ccc(C)cc2)ccc1-c1nc2c(C)nn(-c3ccccc3)c2c(=O)[nH]1. The van der Waals surface area contributed by atoms with E-state index in [0.29, 0.717) is 34.0 Å². The number of aromatic nitrogens is 5. The molecule has 164 valence electrons. The van der Waals surface area contributed by atoms with Crippen LogP contribution in [0.4, 0.5) is 0 Å². The molecule has 0 bridgehead atoms. The highest BCUT2D eigenvalue weighted by Crippen LogP contribution is 2.32. The van der Waals surface area contributed by atoms with E-state index in [-0.39, 0.29) is 5.56 Å². The van der Waals surface area contributed by atoms with Crippen molar-refractivity contribution >= 4 is 22.8 Å². The fourth-order valence-electron chi connectivity index (χ4n) is 3.59. The van der Waals surface area contributed by atoms with Crippen molar-refractivity contribution in [1.82, 2.24) is 24.7 Å². The number of hydrogen-bond acceptors (Lipinski definition) is 6. The molecule has 33 heavy (non-hydrogen) atoms. The summed E-state index contributed by atoms with van der Waals surface area (Å²) in [6.45, 7) is 3.90. The van der Waals surface area contributed by atoms with Crippen LogP contribution in [0.15, 0.2) is 81.4 Å². The lowest BCUT2D eigenvalue weighted by molar-refractivity contribution is 0.396. The maximum absolute atomic E-state index is 13.1. The van der Waals surface area contributed by atoms with E-state index >= 15 is 0 Å². The van der Waals surface area contributed by atoms with Crippen molar-refractivity contribution in [2.75, 3.05) is 7.11 Å². The van der Waals surface area contributed by atoms with Crippen molar-refractivity contribution in [3.05, 3.63) is 88.3 Å². The number of hydrogen-bond donors (Lipinski definition) is 1. The Morgan fingerprint density at radius 3 is 2.42 bits per heavy atom. The van der Waals surface area contributed by atoms with Crippen LogP contribution in [-0.2, 0) is 0 Å². The average Bonchev–Trinajstić information content (AvgIpc) is 3.18. The van der Waals surface area contributed by atoms with Gasteiger partial charge in [0.2, 0.25) is 5.88 Å². The molecule has 0 unspecified atom stereocenters. The second-order valence-corrected chi connectivity index (χ2v) is 8.66. The summed E-state index contributed by atoms with van der Waals surface area (Å²) < 4.78 is 7.17. The minimum absolute atomic E-state index is 0.278. The Balaban J connectivity index is 1.57. The lowest BCUT2D eigenvalue weighted by Gasteiger charge is -2.09. The third kappa shape index (κ3) is 4.01. The van der Waals surface area contributed by atoms with Gasteiger partial charge in [0, 0.05) is 4.90 Å². The third-order valence-corrected chi connectivity index (χ3v) is 6.17. The molecule has 0 amide bonds. The van der Waals surface area contributed by atoms with Gasteiger partial charge in [-0.2, -0.15) is 5.10 Å². The summed E-state index contributed by atoms with van der Waals surface area (Å²) >= 11 is 1.54. The largest absolute Gasteiger partial charge is 0.480 e. The van der Waals surface area contributed by atoms with Crippen molar-refractivity contribution in [3.63, 3.8) is 0 Å². The topological polar surface area (TPSA) is 85.7 Å². The third-order valence-electron chi connectivity index (χ3n) is 5.23. The van der Waals surface area contributed by atoms with Crippen LogP contribution in [0.3, 0.4) is 0 Å². The highest BCUT2D eigenvalue weighted by atomic mass is 32.2. The van der Waals surface area contributed by atoms with E-state index in [0.717, 1.165) is 15.6 Å². The van der Waals surface area contributed by atoms with Crippen LogP contribution in [0, 0.1) is 13.8 Å². The predicted molar refractivity (Wildman–Crippen MR) is 129 cm³/mol. The molecule has 7 nitrogen and oxygen atoms in total. The Bertz CT molecular complexity index is 1510. The van der Waals surface area contributed by atoms with Crippen molar-refractivity contribution in [2.45, 2.75) is 23.8 Å². The second-order valence-electron chi connectivity index (χ2n) is 7.57. The minimum Gasteiger partial charge on any atom is -0.480 e. The molecule has 0 saturated heterocycles. The van der Waals surface area contributed by atoms with Crippen LogP contribution in [-0.4, -0.2) is 31.8 Å². The number of nitrogens with zero attached hydrogens (tertiary/aromatic N) is 4. The molecule has 0 aliphatic carbocycles. The molecule has 1 N–H and O–H groups in total. The fraction of sp³-hybridized carbons (Fsp3) is 0.120. The van der Waals surface area contributed by atoms with E-state index in [1.165, 1.54) is 5.56 Å². The van der Waals surface area contributed by atoms with Gasteiger partial charge >= 0.3 is 0 Å². The van der Waals surface area contributed by atoms with E-state index in [1.807, 2.05) is 49.4 Å². The van der Waals surface area contributed by atoms with Gasteiger partial charge in [-0.05, 0) is 50.2 Å². The van der Waals surface area contributed by atoms with Crippen LogP contribution in [0.2, 0.25) is 0 Å². The van der Waals surface area contributed by atoms with E-state index in [4.69, 9.17) is 9.72 Å². The second kappa shape index (κ2) is 8.55. The molecule has 5 rings (SSSR count). The highest BCUT2D eigenvalue weighted by Gasteiger charge is 2.18. The number of fused-ring (bicyclic) bond motifs is 1. The lowest BCUT2D eigenvalue weighted by Crippen LogP contribution is -2.13. The summed E-state index contributed by atoms with van der Waals surface area (Å²) in [5, 5.41) is 5.34. The number of pyridine rings is 1. The number of para-hydroxylation sites is 1. The monoisotopic (exact) mass is 455 g/mol. The van der Waals surface area contributed by atoms with Gasteiger partial charge in [0.1, 0.15) is 16.4 Å². The molecule has 8 heteroatoms. The van der Waals surface area contributed by atoms with E-state index in [1.54, 1.807) is 23.6 Å². The van der Waals surface area contributed by atoms with Crippen LogP contribution >= 0.6 is 11.8 Å². The summed E-state index contributed by atoms with van der Waals surface area (Å²) in [5.74, 6) is 0.780. The number of ether oxygens (including phenoxy) is 1. The molecule has 0 radical (unpaired) electrons. The van der Waals surface area contributed by atoms with E-state index in [9.17, 15) is 4.79 Å². The van der Waals surface area contributed by atoms with E-state index < -0.39 is 0 Å². The smallest absolute Gasteiger partial charge is 0.277 e. The highest BCUT2D eigenvalue weighted by molar-refractivity contribution is 7.99. The van der Waals surface area contributed by atoms with Gasteiger partial charge < -0.3 is 9.72 Å². The van der Waals surface area contributed by atoms with E-state index in [2.05, 4.69) is 46.3 Å². The number of nitrogens with one attached hydrogen (secondary N) is 1. The van der Waals surface area contributed by atoms with Crippen molar-refractivity contribution in [3.8, 4) is 23.0 Å². The van der Waals surface area contributed by atoms with Crippen molar-refractivity contribution in [1.29, 1.82) is 0 Å². The number of benzene rings is 2. The van der Waals surface area contributed by atoms with Crippen molar-refractivity contribution in [2.24, 2.45) is 0 Å². The molecule has 3 aromatic heterocycles. The summed E-state index contributed by atoms with van der Waals surface area (Å²) in [6.07, 6.45) is 0. The molecule has 0 aliphatic rings. The van der Waals surface area contributed by atoms with Gasteiger partial charge in [-0.1, -0.05) is 47.7 Å². The van der Waals surface area contributed by atoms with Crippen LogP contribution < -0.4 is 10.3 Å². The number of aryl methyl sites for hydroxylation is 2. The molecule has 0 aliphatic heterocycles. The summed E-state index contributed by atoms with van der Waals surface area (Å²) in [4.78, 5) is 26.4. The Labute approximate surface area is 194 Å². The maximum atomic E-state index is 13.1. The Morgan fingerprint density at radius 2 is 1.70 bits per heavy atom. The van der Waals surface area contributed by atoms with Gasteiger partial charge in [-0.15, -0.1) is 0 Å². The molecule has 3 heterocycles. The first-order valence-electron chi connectivity index (χ1n) is 10.4. The quantitative estimate of drug-likeness (QED) is 0.404. The average molecular weight is 456 g/mol. The van der Waals surface area contributed by atoms with Gasteiger partial charge in [0.05, 0.1) is 24.1 Å². The Hall–Kier alpha value is -3.91. The standard InChI is InChI=1S/C25H21N5O2S/c1-15-9-11-18(12-10-15)33-20-14-13-19(25(26-20)32-3)23-27-21-16(2)29-30(22(21)24(31)28-23)17-7-5-4-6-8-17/h4-14H,1-3H3,(H,27,28,31). The maximum Gasteiger partial charge on any atom is 0.277 e. The Morgan fingerprint density at radius 1 is 0.939 bits per heavy atom.